The van der Waals surface area contributed by atoms with Gasteiger partial charge in [-0.3, -0.25) is 0 Å². The summed E-state index contributed by atoms with van der Waals surface area (Å²) < 4.78 is 44.7. The first-order valence-electron chi connectivity index (χ1n) is 7.68. The maximum atomic E-state index is 13.2. The van der Waals surface area contributed by atoms with Crippen molar-refractivity contribution in [2.75, 3.05) is 0 Å². The van der Waals surface area contributed by atoms with Crippen molar-refractivity contribution in [1.29, 1.82) is 0 Å². The van der Waals surface area contributed by atoms with E-state index in [2.05, 4.69) is 10.1 Å². The van der Waals surface area contributed by atoms with Gasteiger partial charge in [0.25, 0.3) is 0 Å². The molecular weight excluding hydrogens is 307 g/mol. The fourth-order valence-electron chi connectivity index (χ4n) is 3.11. The van der Waals surface area contributed by atoms with Gasteiger partial charge < -0.3 is 10.3 Å². The number of nitrogens with two attached hydrogens (primary N) is 1. The Bertz CT molecular complexity index is 651. The molecule has 1 aliphatic carbocycles. The van der Waals surface area contributed by atoms with Crippen molar-refractivity contribution in [1.82, 2.24) is 10.1 Å². The first-order valence-corrected chi connectivity index (χ1v) is 7.68. The zero-order valence-electron chi connectivity index (χ0n) is 12.5. The molecule has 124 valence electrons. The molecule has 0 amide bonds. The molecule has 0 spiro atoms. The van der Waals surface area contributed by atoms with E-state index in [0.717, 1.165) is 12.0 Å². The molecule has 0 bridgehead atoms. The van der Waals surface area contributed by atoms with E-state index in [1.807, 2.05) is 12.1 Å². The zero-order valence-corrected chi connectivity index (χ0v) is 12.5. The van der Waals surface area contributed by atoms with E-state index in [1.165, 1.54) is 0 Å². The Kier molecular flexibility index (Phi) is 4.39. The minimum atomic E-state index is -4.23. The van der Waals surface area contributed by atoms with Crippen LogP contribution in [0.1, 0.15) is 43.1 Å². The van der Waals surface area contributed by atoms with Crippen molar-refractivity contribution >= 4 is 0 Å². The smallest absolute Gasteiger partial charge is 0.339 e. The average Bonchev–Trinajstić information content (AvgIpc) is 3.04. The highest BCUT2D eigenvalue weighted by atomic mass is 19.4. The second-order valence-corrected chi connectivity index (χ2v) is 5.90. The minimum absolute atomic E-state index is 0.0879. The van der Waals surface area contributed by atoms with Crippen LogP contribution in [-0.2, 0) is 6.54 Å². The first kappa shape index (κ1) is 16.0. The van der Waals surface area contributed by atoms with Gasteiger partial charge in [-0.2, -0.15) is 18.2 Å². The molecule has 2 N–H and O–H groups in total. The molecule has 4 nitrogen and oxygen atoms in total. The van der Waals surface area contributed by atoms with Gasteiger partial charge >= 0.3 is 6.18 Å². The van der Waals surface area contributed by atoms with Crippen LogP contribution in [0.25, 0.3) is 11.4 Å². The Hall–Kier alpha value is -1.89. The van der Waals surface area contributed by atoms with Gasteiger partial charge in [-0.25, -0.2) is 0 Å². The zero-order chi connectivity index (χ0) is 16.4. The summed E-state index contributed by atoms with van der Waals surface area (Å²) in [7, 11) is 0. The predicted molar refractivity (Wildman–Crippen MR) is 78.4 cm³/mol. The fourth-order valence-corrected chi connectivity index (χ4v) is 3.11. The van der Waals surface area contributed by atoms with Crippen molar-refractivity contribution < 1.29 is 17.7 Å². The summed E-state index contributed by atoms with van der Waals surface area (Å²) in [6, 6.07) is 7.26. The van der Waals surface area contributed by atoms with E-state index < -0.39 is 18.0 Å². The van der Waals surface area contributed by atoms with E-state index >= 15 is 0 Å². The number of hydrogen-bond acceptors (Lipinski definition) is 4. The fraction of sp³-hybridized carbons (Fsp3) is 0.500. The van der Waals surface area contributed by atoms with Gasteiger partial charge in [0.15, 0.2) is 0 Å². The maximum Gasteiger partial charge on any atom is 0.392 e. The van der Waals surface area contributed by atoms with E-state index in [1.54, 1.807) is 12.1 Å². The number of rotatable bonds is 3. The molecule has 0 radical (unpaired) electrons. The molecule has 23 heavy (non-hydrogen) atoms. The molecule has 1 aliphatic rings. The Morgan fingerprint density at radius 2 is 1.83 bits per heavy atom. The van der Waals surface area contributed by atoms with Crippen LogP contribution in [0.15, 0.2) is 28.8 Å². The highest BCUT2D eigenvalue weighted by molar-refractivity contribution is 5.54. The average molecular weight is 325 g/mol. The molecule has 1 heterocycles. The monoisotopic (exact) mass is 325 g/mol. The minimum Gasteiger partial charge on any atom is -0.339 e. The van der Waals surface area contributed by atoms with Crippen LogP contribution in [-0.4, -0.2) is 16.3 Å². The molecular formula is C16H18F3N3O. The summed E-state index contributed by atoms with van der Waals surface area (Å²) in [6.45, 7) is 0.424. The van der Waals surface area contributed by atoms with Gasteiger partial charge in [0.1, 0.15) is 0 Å². The number of aromatic nitrogens is 2. The lowest BCUT2D eigenvalue weighted by Gasteiger charge is -2.30. The van der Waals surface area contributed by atoms with Crippen LogP contribution in [0, 0.1) is 5.92 Å². The largest absolute Gasteiger partial charge is 0.392 e. The standard InChI is InChI=1S/C16H18F3N3O/c17-16(18,19)13-4-2-1-3-12(13)15-21-14(22-23-15)11-7-5-10(9-20)6-8-11/h5-8,12-13H,1-4,9,20H2. The van der Waals surface area contributed by atoms with Gasteiger partial charge in [0, 0.05) is 18.0 Å². The van der Waals surface area contributed by atoms with Crippen molar-refractivity contribution in [3.8, 4) is 11.4 Å². The molecule has 1 aromatic heterocycles. The summed E-state index contributed by atoms with van der Waals surface area (Å²) in [5, 5.41) is 3.85. The highest BCUT2D eigenvalue weighted by Gasteiger charge is 2.47. The number of hydrogen-bond donors (Lipinski definition) is 1. The SMILES string of the molecule is NCc1ccc(-c2noc(C3CCCCC3C(F)(F)F)n2)cc1. The lowest BCUT2D eigenvalue weighted by molar-refractivity contribution is -0.189. The topological polar surface area (TPSA) is 64.9 Å². The van der Waals surface area contributed by atoms with Gasteiger partial charge in [-0.05, 0) is 18.4 Å². The number of halogens is 3. The molecule has 2 atom stereocenters. The third-order valence-corrected chi connectivity index (χ3v) is 4.39. The Labute approximate surface area is 131 Å². The van der Waals surface area contributed by atoms with Crippen LogP contribution in [0.3, 0.4) is 0 Å². The van der Waals surface area contributed by atoms with Crippen LogP contribution < -0.4 is 5.73 Å². The molecule has 0 saturated heterocycles. The molecule has 2 aromatic rings. The quantitative estimate of drug-likeness (QED) is 0.925. The van der Waals surface area contributed by atoms with Crippen molar-refractivity contribution in [3.63, 3.8) is 0 Å². The van der Waals surface area contributed by atoms with E-state index in [9.17, 15) is 13.2 Å². The van der Waals surface area contributed by atoms with Gasteiger partial charge in [-0.15, -0.1) is 0 Å². The summed E-state index contributed by atoms with van der Waals surface area (Å²) in [5.74, 6) is -1.74. The van der Waals surface area contributed by atoms with Gasteiger partial charge in [0.05, 0.1) is 5.92 Å². The second kappa shape index (κ2) is 6.31. The summed E-state index contributed by atoms with van der Waals surface area (Å²) >= 11 is 0. The molecule has 2 unspecified atom stereocenters. The molecule has 1 aromatic carbocycles. The first-order chi connectivity index (χ1) is 11.0. The highest BCUT2D eigenvalue weighted by Crippen LogP contribution is 2.46. The number of benzene rings is 1. The Morgan fingerprint density at radius 1 is 1.13 bits per heavy atom. The summed E-state index contributed by atoms with van der Waals surface area (Å²) in [4.78, 5) is 4.21. The maximum absolute atomic E-state index is 13.2. The Balaban J connectivity index is 1.85. The van der Waals surface area contributed by atoms with Gasteiger partial charge in [0.2, 0.25) is 11.7 Å². The lowest BCUT2D eigenvalue weighted by atomic mass is 9.78. The van der Waals surface area contributed by atoms with Crippen LogP contribution in [0.4, 0.5) is 13.2 Å². The lowest BCUT2D eigenvalue weighted by Crippen LogP contribution is -2.31. The second-order valence-electron chi connectivity index (χ2n) is 5.90. The molecule has 3 rings (SSSR count). The molecule has 0 aliphatic heterocycles. The van der Waals surface area contributed by atoms with Crippen molar-refractivity contribution in [2.24, 2.45) is 11.7 Å². The van der Waals surface area contributed by atoms with E-state index in [0.29, 0.717) is 30.8 Å². The van der Waals surface area contributed by atoms with E-state index in [4.69, 9.17) is 10.3 Å². The normalized spacial score (nSPS) is 22.3. The third-order valence-electron chi connectivity index (χ3n) is 4.39. The summed E-state index contributed by atoms with van der Waals surface area (Å²) in [5.41, 5.74) is 7.21. The predicted octanol–water partition coefficient (Wildman–Crippen LogP) is 4.03. The van der Waals surface area contributed by atoms with Crippen LogP contribution >= 0.6 is 0 Å². The van der Waals surface area contributed by atoms with Crippen molar-refractivity contribution in [3.05, 3.63) is 35.7 Å². The van der Waals surface area contributed by atoms with E-state index in [-0.39, 0.29) is 12.3 Å². The number of alkyl halides is 3. The van der Waals surface area contributed by atoms with Crippen LogP contribution in [0.5, 0.6) is 0 Å². The molecule has 1 fully saturated rings. The van der Waals surface area contributed by atoms with Gasteiger partial charge in [-0.1, -0.05) is 42.3 Å². The molecule has 1 saturated carbocycles. The van der Waals surface area contributed by atoms with Crippen molar-refractivity contribution in [2.45, 2.75) is 44.3 Å². The number of nitrogens with zero attached hydrogens (tertiary/aromatic N) is 2. The third kappa shape index (κ3) is 3.39. The summed E-state index contributed by atoms with van der Waals surface area (Å²) in [6.07, 6.45) is -2.35. The Morgan fingerprint density at radius 3 is 2.48 bits per heavy atom. The molecule has 7 heteroatoms. The van der Waals surface area contributed by atoms with Crippen LogP contribution in [0.2, 0.25) is 0 Å².